The van der Waals surface area contributed by atoms with E-state index in [1.807, 2.05) is 0 Å². The maximum absolute atomic E-state index is 11.6. The van der Waals surface area contributed by atoms with Crippen LogP contribution in [0.1, 0.15) is 19.6 Å². The molecule has 18 heavy (non-hydrogen) atoms. The molecule has 0 bridgehead atoms. The van der Waals surface area contributed by atoms with Crippen LogP contribution in [0.5, 0.6) is 0 Å². The van der Waals surface area contributed by atoms with Crippen LogP contribution in [-0.4, -0.2) is 37.5 Å². The van der Waals surface area contributed by atoms with Gasteiger partial charge in [-0.3, -0.25) is 4.79 Å². The number of carbonyl (C=O) groups is 1. The highest BCUT2D eigenvalue weighted by Crippen LogP contribution is 2.04. The Hall–Kier alpha value is -1.34. The summed E-state index contributed by atoms with van der Waals surface area (Å²) in [6, 6.07) is 3.20. The Balaban J connectivity index is 2.52. The Morgan fingerprint density at radius 2 is 2.17 bits per heavy atom. The molecule has 0 aliphatic heterocycles. The Bertz CT molecular complexity index is 479. The molecular formula is C11H18N2O4S. The molecule has 0 aliphatic rings. The van der Waals surface area contributed by atoms with Crippen molar-refractivity contribution in [2.75, 3.05) is 12.8 Å². The quantitative estimate of drug-likeness (QED) is 0.822. The fourth-order valence-corrected chi connectivity index (χ4v) is 2.60. The molecular weight excluding hydrogens is 256 g/mol. The van der Waals surface area contributed by atoms with Crippen molar-refractivity contribution in [1.82, 2.24) is 9.62 Å². The number of nitrogens with one attached hydrogen (secondary N) is 1. The Morgan fingerprint density at radius 3 is 2.61 bits per heavy atom. The lowest BCUT2D eigenvalue weighted by Crippen LogP contribution is -2.43. The highest BCUT2D eigenvalue weighted by molar-refractivity contribution is 7.88. The van der Waals surface area contributed by atoms with E-state index in [2.05, 4.69) is 5.32 Å². The first kappa shape index (κ1) is 14.7. The maximum atomic E-state index is 11.6. The summed E-state index contributed by atoms with van der Waals surface area (Å²) in [6.45, 7) is 3.51. The number of amides is 1. The zero-order valence-electron chi connectivity index (χ0n) is 10.7. The van der Waals surface area contributed by atoms with Crippen LogP contribution in [-0.2, 0) is 21.4 Å². The lowest BCUT2D eigenvalue weighted by Gasteiger charge is -2.23. The van der Waals surface area contributed by atoms with Gasteiger partial charge in [-0.1, -0.05) is 0 Å². The van der Waals surface area contributed by atoms with E-state index in [1.165, 1.54) is 6.26 Å². The van der Waals surface area contributed by atoms with Crippen LogP contribution in [0.2, 0.25) is 0 Å². The summed E-state index contributed by atoms with van der Waals surface area (Å²) in [4.78, 5) is 11.6. The van der Waals surface area contributed by atoms with Gasteiger partial charge in [0.05, 0.1) is 25.6 Å². The zero-order valence-corrected chi connectivity index (χ0v) is 11.5. The van der Waals surface area contributed by atoms with Gasteiger partial charge in [-0.2, -0.15) is 4.31 Å². The molecule has 1 aromatic rings. The summed E-state index contributed by atoms with van der Waals surface area (Å²) in [5, 5.41) is 2.60. The summed E-state index contributed by atoms with van der Waals surface area (Å²) < 4.78 is 29.1. The summed E-state index contributed by atoms with van der Waals surface area (Å²) in [5.74, 6) is 0.268. The maximum Gasteiger partial charge on any atom is 0.235 e. The molecule has 1 heterocycles. The van der Waals surface area contributed by atoms with Gasteiger partial charge in [0, 0.05) is 6.04 Å². The van der Waals surface area contributed by atoms with Gasteiger partial charge >= 0.3 is 0 Å². The first-order chi connectivity index (χ1) is 8.30. The fraction of sp³-hybridized carbons (Fsp3) is 0.545. The summed E-state index contributed by atoms with van der Waals surface area (Å²) >= 11 is 0. The second-order valence-electron chi connectivity index (χ2n) is 4.26. The van der Waals surface area contributed by atoms with Gasteiger partial charge in [-0.05, 0) is 26.0 Å². The number of hydrogen-bond acceptors (Lipinski definition) is 4. The number of hydrogen-bond donors (Lipinski definition) is 1. The Kier molecular flexibility index (Phi) is 4.92. The highest BCUT2D eigenvalue weighted by atomic mass is 32.2. The van der Waals surface area contributed by atoms with Crippen molar-refractivity contribution < 1.29 is 17.6 Å². The number of nitrogens with zero attached hydrogens (tertiary/aromatic N) is 1. The smallest absolute Gasteiger partial charge is 0.235 e. The number of carbonyl (C=O) groups excluding carboxylic acids is 1. The molecule has 0 aromatic carbocycles. The first-order valence-electron chi connectivity index (χ1n) is 5.56. The highest BCUT2D eigenvalue weighted by Gasteiger charge is 2.22. The third-order valence-corrected chi connectivity index (χ3v) is 3.74. The van der Waals surface area contributed by atoms with Gasteiger partial charge in [0.1, 0.15) is 5.76 Å². The van der Waals surface area contributed by atoms with Crippen LogP contribution >= 0.6 is 0 Å². The zero-order chi connectivity index (χ0) is 13.8. The molecule has 1 amide bonds. The summed E-state index contributed by atoms with van der Waals surface area (Å²) in [7, 11) is -3.38. The number of rotatable bonds is 6. The molecule has 0 atom stereocenters. The minimum absolute atomic E-state index is 0.183. The predicted molar refractivity (Wildman–Crippen MR) is 67.2 cm³/mol. The van der Waals surface area contributed by atoms with Crippen molar-refractivity contribution in [3.05, 3.63) is 24.2 Å². The Morgan fingerprint density at radius 1 is 1.50 bits per heavy atom. The van der Waals surface area contributed by atoms with Crippen LogP contribution in [0, 0.1) is 0 Å². The Labute approximate surface area is 107 Å². The first-order valence-corrected chi connectivity index (χ1v) is 7.41. The lowest BCUT2D eigenvalue weighted by molar-refractivity contribution is -0.121. The van der Waals surface area contributed by atoms with Gasteiger partial charge in [0.25, 0.3) is 0 Å². The summed E-state index contributed by atoms with van der Waals surface area (Å²) in [6.07, 6.45) is 2.60. The van der Waals surface area contributed by atoms with Gasteiger partial charge in [0.15, 0.2) is 0 Å². The van der Waals surface area contributed by atoms with Gasteiger partial charge < -0.3 is 9.73 Å². The van der Waals surface area contributed by atoms with Crippen molar-refractivity contribution in [2.24, 2.45) is 0 Å². The second-order valence-corrected chi connectivity index (χ2v) is 6.19. The van der Waals surface area contributed by atoms with E-state index >= 15 is 0 Å². The van der Waals surface area contributed by atoms with E-state index in [1.54, 1.807) is 26.0 Å². The topological polar surface area (TPSA) is 79.6 Å². The normalized spacial score (nSPS) is 12.1. The molecule has 1 aromatic heterocycles. The van der Waals surface area contributed by atoms with Crippen molar-refractivity contribution in [3.8, 4) is 0 Å². The minimum atomic E-state index is -3.38. The van der Waals surface area contributed by atoms with Crippen molar-refractivity contribution in [3.63, 3.8) is 0 Å². The largest absolute Gasteiger partial charge is 0.467 e. The SMILES string of the molecule is CC(C)N(CC(=O)NCc1ccco1)S(C)(=O)=O. The van der Waals surface area contributed by atoms with Gasteiger partial charge in [-0.25, -0.2) is 8.42 Å². The fourth-order valence-electron chi connectivity index (χ4n) is 1.48. The van der Waals surface area contributed by atoms with Gasteiger partial charge in [0.2, 0.25) is 15.9 Å². The van der Waals surface area contributed by atoms with E-state index < -0.39 is 10.0 Å². The monoisotopic (exact) mass is 274 g/mol. The van der Waals surface area contributed by atoms with E-state index in [4.69, 9.17) is 4.42 Å². The standard InChI is InChI=1S/C11H18N2O4S/c1-9(2)13(18(3,15)16)8-11(14)12-7-10-5-4-6-17-10/h4-6,9H,7-8H2,1-3H3,(H,12,14). The molecule has 0 aliphatic carbocycles. The minimum Gasteiger partial charge on any atom is -0.467 e. The van der Waals surface area contributed by atoms with Crippen LogP contribution < -0.4 is 5.32 Å². The third-order valence-electron chi connectivity index (χ3n) is 2.34. The van der Waals surface area contributed by atoms with Crippen molar-refractivity contribution >= 4 is 15.9 Å². The van der Waals surface area contributed by atoms with Gasteiger partial charge in [-0.15, -0.1) is 0 Å². The average Bonchev–Trinajstić information content (AvgIpc) is 2.73. The van der Waals surface area contributed by atoms with E-state index in [0.29, 0.717) is 5.76 Å². The molecule has 0 unspecified atom stereocenters. The van der Waals surface area contributed by atoms with E-state index in [9.17, 15) is 13.2 Å². The van der Waals surface area contributed by atoms with E-state index in [0.717, 1.165) is 10.6 Å². The molecule has 0 saturated carbocycles. The molecule has 7 heteroatoms. The molecule has 0 fully saturated rings. The number of furan rings is 1. The van der Waals surface area contributed by atoms with Crippen LogP contribution in [0.15, 0.2) is 22.8 Å². The molecule has 1 N–H and O–H groups in total. The molecule has 1 rings (SSSR count). The molecule has 0 spiro atoms. The van der Waals surface area contributed by atoms with Crippen LogP contribution in [0.25, 0.3) is 0 Å². The van der Waals surface area contributed by atoms with Crippen LogP contribution in [0.4, 0.5) is 0 Å². The molecule has 102 valence electrons. The summed E-state index contributed by atoms with van der Waals surface area (Å²) in [5.41, 5.74) is 0. The molecule has 0 radical (unpaired) electrons. The lowest BCUT2D eigenvalue weighted by atomic mass is 10.4. The van der Waals surface area contributed by atoms with Crippen molar-refractivity contribution in [1.29, 1.82) is 0 Å². The number of sulfonamides is 1. The molecule has 6 nitrogen and oxygen atoms in total. The van der Waals surface area contributed by atoms with Crippen molar-refractivity contribution in [2.45, 2.75) is 26.4 Å². The van der Waals surface area contributed by atoms with Crippen LogP contribution in [0.3, 0.4) is 0 Å². The second kappa shape index (κ2) is 6.01. The van der Waals surface area contributed by atoms with E-state index in [-0.39, 0.29) is 25.0 Å². The average molecular weight is 274 g/mol. The third kappa shape index (κ3) is 4.50. The molecule has 0 saturated heterocycles. The predicted octanol–water partition coefficient (Wildman–Crippen LogP) is 0.566.